The van der Waals surface area contributed by atoms with Crippen LogP contribution in [-0.2, 0) is 6.54 Å². The summed E-state index contributed by atoms with van der Waals surface area (Å²) in [6, 6.07) is 8.58. The molecule has 1 saturated heterocycles. The Morgan fingerprint density at radius 1 is 1.36 bits per heavy atom. The van der Waals surface area contributed by atoms with E-state index in [-0.39, 0.29) is 5.69 Å². The van der Waals surface area contributed by atoms with Gasteiger partial charge >= 0.3 is 0 Å². The number of rotatable bonds is 4. The van der Waals surface area contributed by atoms with Gasteiger partial charge in [0.2, 0.25) is 0 Å². The zero-order valence-corrected chi connectivity index (χ0v) is 12.7. The Labute approximate surface area is 129 Å². The molecule has 0 bridgehead atoms. The summed E-state index contributed by atoms with van der Waals surface area (Å²) in [5.74, 6) is -0.565. The molecule has 2 heterocycles. The van der Waals surface area contributed by atoms with Crippen LogP contribution in [0.2, 0.25) is 0 Å². The summed E-state index contributed by atoms with van der Waals surface area (Å²) < 4.78 is 0. The number of aromatic nitrogens is 3. The predicted octanol–water partition coefficient (Wildman–Crippen LogP) is 1.94. The van der Waals surface area contributed by atoms with Crippen LogP contribution in [0.1, 0.15) is 42.2 Å². The number of carbonyl (C=O) groups excluding carboxylic acids is 1. The van der Waals surface area contributed by atoms with E-state index in [0.717, 1.165) is 24.2 Å². The van der Waals surface area contributed by atoms with Gasteiger partial charge < -0.3 is 5.73 Å². The van der Waals surface area contributed by atoms with Gasteiger partial charge in [0.1, 0.15) is 5.69 Å². The van der Waals surface area contributed by atoms with Crippen LogP contribution in [0.3, 0.4) is 0 Å². The summed E-state index contributed by atoms with van der Waals surface area (Å²) in [5.41, 5.74) is 8.17. The second kappa shape index (κ2) is 6.27. The van der Waals surface area contributed by atoms with E-state index in [9.17, 15) is 4.79 Å². The topological polar surface area (TPSA) is 87.9 Å². The average molecular weight is 299 g/mol. The molecule has 1 aliphatic heterocycles. The second-order valence-corrected chi connectivity index (χ2v) is 5.86. The summed E-state index contributed by atoms with van der Waals surface area (Å²) in [7, 11) is 0. The Hall–Kier alpha value is -2.21. The molecule has 6 heteroatoms. The number of nitrogens with zero attached hydrogens (tertiary/aromatic N) is 3. The number of piperidine rings is 1. The Kier molecular flexibility index (Phi) is 4.20. The van der Waals surface area contributed by atoms with Crippen molar-refractivity contribution in [2.24, 2.45) is 5.73 Å². The maximum atomic E-state index is 11.5. The van der Waals surface area contributed by atoms with Crippen LogP contribution in [0, 0.1) is 0 Å². The van der Waals surface area contributed by atoms with E-state index in [1.54, 1.807) is 0 Å². The Bertz CT molecular complexity index is 666. The molecule has 1 aromatic heterocycles. The molecule has 0 radical (unpaired) electrons. The third-order valence-electron chi connectivity index (χ3n) is 4.37. The number of hydrogen-bond donors (Lipinski definition) is 2. The first-order chi connectivity index (χ1) is 10.7. The van der Waals surface area contributed by atoms with Gasteiger partial charge in [0.15, 0.2) is 5.69 Å². The number of hydrogen-bond acceptors (Lipinski definition) is 4. The number of likely N-dealkylation sites (tertiary alicyclic amines) is 1. The summed E-state index contributed by atoms with van der Waals surface area (Å²) in [6.07, 6.45) is 3.77. The minimum absolute atomic E-state index is 0.194. The fourth-order valence-electron chi connectivity index (χ4n) is 3.09. The summed E-state index contributed by atoms with van der Waals surface area (Å²) in [5, 5.41) is 10.5. The van der Waals surface area contributed by atoms with Gasteiger partial charge in [-0.3, -0.25) is 9.69 Å². The molecular formula is C16H21N5O. The van der Waals surface area contributed by atoms with Crippen molar-refractivity contribution in [3.05, 3.63) is 35.5 Å². The van der Waals surface area contributed by atoms with Gasteiger partial charge in [-0.2, -0.15) is 15.4 Å². The highest BCUT2D eigenvalue weighted by Crippen LogP contribution is 2.27. The first-order valence-corrected chi connectivity index (χ1v) is 7.69. The second-order valence-electron chi connectivity index (χ2n) is 5.86. The van der Waals surface area contributed by atoms with Crippen molar-refractivity contribution in [3.8, 4) is 11.3 Å². The van der Waals surface area contributed by atoms with Gasteiger partial charge in [0.05, 0.1) is 0 Å². The first-order valence-electron chi connectivity index (χ1n) is 7.69. The molecule has 2 aromatic rings. The molecule has 0 spiro atoms. The Balaban J connectivity index is 1.93. The minimum atomic E-state index is -0.565. The highest BCUT2D eigenvalue weighted by Gasteiger charge is 2.22. The van der Waals surface area contributed by atoms with Crippen molar-refractivity contribution < 1.29 is 4.79 Å². The molecule has 116 valence electrons. The smallest absolute Gasteiger partial charge is 0.271 e. The highest BCUT2D eigenvalue weighted by atomic mass is 16.1. The number of amides is 1. The van der Waals surface area contributed by atoms with Crippen LogP contribution in [0.4, 0.5) is 0 Å². The molecule has 1 unspecified atom stereocenters. The van der Waals surface area contributed by atoms with Gasteiger partial charge in [-0.05, 0) is 31.9 Å². The summed E-state index contributed by atoms with van der Waals surface area (Å²) in [4.78, 5) is 14.0. The Morgan fingerprint density at radius 2 is 2.18 bits per heavy atom. The summed E-state index contributed by atoms with van der Waals surface area (Å²) >= 11 is 0. The lowest BCUT2D eigenvalue weighted by atomic mass is 9.99. The molecule has 1 atom stereocenters. The average Bonchev–Trinajstić information content (AvgIpc) is 3.00. The highest BCUT2D eigenvalue weighted by molar-refractivity contribution is 5.97. The number of carbonyl (C=O) groups is 1. The molecule has 22 heavy (non-hydrogen) atoms. The van der Waals surface area contributed by atoms with Crippen molar-refractivity contribution in [2.45, 2.75) is 38.8 Å². The molecule has 1 fully saturated rings. The first kappa shape index (κ1) is 14.7. The van der Waals surface area contributed by atoms with Gasteiger partial charge in [-0.15, -0.1) is 0 Å². The predicted molar refractivity (Wildman–Crippen MR) is 84.1 cm³/mol. The van der Waals surface area contributed by atoms with E-state index in [4.69, 9.17) is 5.73 Å². The van der Waals surface area contributed by atoms with E-state index in [1.165, 1.54) is 19.3 Å². The van der Waals surface area contributed by atoms with Crippen LogP contribution in [-0.4, -0.2) is 38.8 Å². The van der Waals surface area contributed by atoms with Crippen LogP contribution in [0.5, 0.6) is 0 Å². The summed E-state index contributed by atoms with van der Waals surface area (Å²) in [6.45, 7) is 4.23. The molecular weight excluding hydrogens is 278 g/mol. The third kappa shape index (κ3) is 2.87. The SMILES string of the molecule is CC1CCCCN1Cc1ccccc1-c1n[nH]nc1C(N)=O. The van der Waals surface area contributed by atoms with Crippen molar-refractivity contribution in [3.63, 3.8) is 0 Å². The zero-order chi connectivity index (χ0) is 15.5. The van der Waals surface area contributed by atoms with E-state index >= 15 is 0 Å². The molecule has 0 saturated carbocycles. The van der Waals surface area contributed by atoms with Gasteiger partial charge in [0.25, 0.3) is 5.91 Å². The monoisotopic (exact) mass is 299 g/mol. The number of H-pyrrole nitrogens is 1. The number of nitrogens with one attached hydrogen (secondary N) is 1. The van der Waals surface area contributed by atoms with Gasteiger partial charge in [0, 0.05) is 18.2 Å². The largest absolute Gasteiger partial charge is 0.364 e. The Morgan fingerprint density at radius 3 is 2.95 bits per heavy atom. The lowest BCUT2D eigenvalue weighted by molar-refractivity contribution is 0.0996. The van der Waals surface area contributed by atoms with Crippen molar-refractivity contribution in [1.82, 2.24) is 20.3 Å². The standard InChI is InChI=1S/C16H21N5O/c1-11-6-4-5-9-21(11)10-12-7-2-3-8-13(12)14-15(16(17)22)19-20-18-14/h2-3,7-8,11H,4-6,9-10H2,1H3,(H2,17,22)(H,18,19,20). The molecule has 1 aliphatic rings. The fraction of sp³-hybridized carbons (Fsp3) is 0.438. The fourth-order valence-corrected chi connectivity index (χ4v) is 3.09. The number of nitrogens with two attached hydrogens (primary N) is 1. The quantitative estimate of drug-likeness (QED) is 0.903. The van der Waals surface area contributed by atoms with Crippen LogP contribution >= 0.6 is 0 Å². The van der Waals surface area contributed by atoms with Crippen LogP contribution in [0.25, 0.3) is 11.3 Å². The minimum Gasteiger partial charge on any atom is -0.364 e. The molecule has 6 nitrogen and oxygen atoms in total. The maximum Gasteiger partial charge on any atom is 0.271 e. The van der Waals surface area contributed by atoms with Crippen molar-refractivity contribution >= 4 is 5.91 Å². The van der Waals surface area contributed by atoms with Crippen LogP contribution in [0.15, 0.2) is 24.3 Å². The number of benzene rings is 1. The molecule has 3 N–H and O–H groups in total. The van der Waals surface area contributed by atoms with Crippen LogP contribution < -0.4 is 5.73 Å². The van der Waals surface area contributed by atoms with Crippen molar-refractivity contribution in [1.29, 1.82) is 0 Å². The number of aromatic amines is 1. The van der Waals surface area contributed by atoms with E-state index in [2.05, 4.69) is 33.3 Å². The van der Waals surface area contributed by atoms with Gasteiger partial charge in [-0.1, -0.05) is 30.7 Å². The zero-order valence-electron chi connectivity index (χ0n) is 12.7. The van der Waals surface area contributed by atoms with E-state index < -0.39 is 5.91 Å². The third-order valence-corrected chi connectivity index (χ3v) is 4.37. The molecule has 1 aromatic carbocycles. The lowest BCUT2D eigenvalue weighted by Crippen LogP contribution is -2.36. The maximum absolute atomic E-state index is 11.5. The molecule has 1 amide bonds. The van der Waals surface area contributed by atoms with E-state index in [1.807, 2.05) is 18.2 Å². The molecule has 3 rings (SSSR count). The van der Waals surface area contributed by atoms with Crippen molar-refractivity contribution in [2.75, 3.05) is 6.54 Å². The lowest BCUT2D eigenvalue weighted by Gasteiger charge is -2.33. The van der Waals surface area contributed by atoms with E-state index in [0.29, 0.717) is 11.7 Å². The molecule has 0 aliphatic carbocycles. The number of primary amides is 1. The normalized spacial score (nSPS) is 19.2. The van der Waals surface area contributed by atoms with Gasteiger partial charge in [-0.25, -0.2) is 0 Å².